The molecule has 2 aromatic rings. The highest BCUT2D eigenvalue weighted by molar-refractivity contribution is 5.84. The van der Waals surface area contributed by atoms with E-state index in [-0.39, 0.29) is 0 Å². The molecule has 0 aliphatic carbocycles. The van der Waals surface area contributed by atoms with Gasteiger partial charge >= 0.3 is 0 Å². The second-order valence-electron chi connectivity index (χ2n) is 4.34. The SMILES string of the molecule is CNCc1cc2c3c(ccn3CCC2)c1. The van der Waals surface area contributed by atoms with E-state index in [1.54, 1.807) is 0 Å². The minimum absolute atomic E-state index is 0.966. The molecule has 0 amide bonds. The van der Waals surface area contributed by atoms with Gasteiger partial charge in [-0.1, -0.05) is 6.07 Å². The molecule has 1 aromatic heterocycles. The van der Waals surface area contributed by atoms with Crippen molar-refractivity contribution in [3.05, 3.63) is 35.5 Å². The molecule has 1 aliphatic rings. The average molecular weight is 200 g/mol. The predicted molar refractivity (Wildman–Crippen MR) is 63.0 cm³/mol. The Morgan fingerprint density at radius 3 is 3.20 bits per heavy atom. The molecule has 78 valence electrons. The van der Waals surface area contributed by atoms with Crippen LogP contribution in [0.2, 0.25) is 0 Å². The van der Waals surface area contributed by atoms with Crippen LogP contribution in [0.1, 0.15) is 17.5 Å². The van der Waals surface area contributed by atoms with E-state index in [4.69, 9.17) is 0 Å². The Bertz CT molecular complexity index is 496. The lowest BCUT2D eigenvalue weighted by Crippen LogP contribution is -2.09. The first-order valence-electron chi connectivity index (χ1n) is 5.64. The van der Waals surface area contributed by atoms with Gasteiger partial charge in [-0.15, -0.1) is 0 Å². The fourth-order valence-corrected chi connectivity index (χ4v) is 2.63. The summed E-state index contributed by atoms with van der Waals surface area (Å²) < 4.78 is 2.39. The molecule has 0 spiro atoms. The zero-order chi connectivity index (χ0) is 10.3. The second-order valence-corrected chi connectivity index (χ2v) is 4.34. The molecule has 1 aromatic carbocycles. The summed E-state index contributed by atoms with van der Waals surface area (Å²) in [7, 11) is 2.00. The van der Waals surface area contributed by atoms with Gasteiger partial charge in [-0.05, 0) is 43.1 Å². The second kappa shape index (κ2) is 3.38. The summed E-state index contributed by atoms with van der Waals surface area (Å²) in [5, 5.41) is 4.62. The average Bonchev–Trinajstić information content (AvgIpc) is 2.64. The van der Waals surface area contributed by atoms with Crippen molar-refractivity contribution in [2.75, 3.05) is 7.05 Å². The van der Waals surface area contributed by atoms with Crippen molar-refractivity contribution >= 4 is 10.9 Å². The first-order chi connectivity index (χ1) is 7.38. The molecule has 3 rings (SSSR count). The molecule has 0 radical (unpaired) electrons. The van der Waals surface area contributed by atoms with Gasteiger partial charge < -0.3 is 9.88 Å². The van der Waals surface area contributed by atoms with E-state index >= 15 is 0 Å². The maximum absolute atomic E-state index is 3.22. The number of nitrogens with zero attached hydrogens (tertiary/aromatic N) is 1. The van der Waals surface area contributed by atoms with E-state index in [9.17, 15) is 0 Å². The number of aromatic nitrogens is 1. The van der Waals surface area contributed by atoms with Crippen molar-refractivity contribution in [1.82, 2.24) is 9.88 Å². The van der Waals surface area contributed by atoms with E-state index in [0.717, 1.165) is 6.54 Å². The summed E-state index contributed by atoms with van der Waals surface area (Å²) in [6, 6.07) is 6.90. The third-order valence-electron chi connectivity index (χ3n) is 3.23. The monoisotopic (exact) mass is 200 g/mol. The van der Waals surface area contributed by atoms with Gasteiger partial charge in [0, 0.05) is 24.7 Å². The van der Waals surface area contributed by atoms with Gasteiger partial charge in [0.05, 0.1) is 5.52 Å². The lowest BCUT2D eigenvalue weighted by Gasteiger charge is -2.16. The molecule has 1 aliphatic heterocycles. The molecule has 2 heteroatoms. The maximum Gasteiger partial charge on any atom is 0.0513 e. The van der Waals surface area contributed by atoms with E-state index in [1.165, 1.54) is 41.4 Å². The van der Waals surface area contributed by atoms with Crippen LogP contribution in [0.5, 0.6) is 0 Å². The Hall–Kier alpha value is -1.28. The van der Waals surface area contributed by atoms with Crippen LogP contribution in [0, 0.1) is 0 Å². The summed E-state index contributed by atoms with van der Waals surface area (Å²) in [5.41, 5.74) is 4.38. The highest BCUT2D eigenvalue weighted by atomic mass is 15.0. The van der Waals surface area contributed by atoms with Crippen LogP contribution in [0.4, 0.5) is 0 Å². The molecule has 0 bridgehead atoms. The van der Waals surface area contributed by atoms with Crippen LogP contribution in [0.3, 0.4) is 0 Å². The molecule has 0 saturated heterocycles. The van der Waals surface area contributed by atoms with Gasteiger partial charge in [-0.25, -0.2) is 0 Å². The molecule has 0 atom stereocenters. The number of benzene rings is 1. The van der Waals surface area contributed by atoms with Crippen molar-refractivity contribution in [3.8, 4) is 0 Å². The van der Waals surface area contributed by atoms with Crippen molar-refractivity contribution in [1.29, 1.82) is 0 Å². The molecule has 2 nitrogen and oxygen atoms in total. The predicted octanol–water partition coefficient (Wildman–Crippen LogP) is 2.31. The number of nitrogens with one attached hydrogen (secondary N) is 1. The van der Waals surface area contributed by atoms with Crippen LogP contribution in [-0.2, 0) is 19.5 Å². The Kier molecular flexibility index (Phi) is 2.03. The smallest absolute Gasteiger partial charge is 0.0513 e. The van der Waals surface area contributed by atoms with Gasteiger partial charge in [0.25, 0.3) is 0 Å². The lowest BCUT2D eigenvalue weighted by molar-refractivity contribution is 0.635. The molecule has 1 N–H and O–H groups in total. The summed E-state index contributed by atoms with van der Waals surface area (Å²) in [6.07, 6.45) is 4.73. The number of hydrogen-bond acceptors (Lipinski definition) is 1. The van der Waals surface area contributed by atoms with Gasteiger partial charge in [-0.3, -0.25) is 0 Å². The molecular weight excluding hydrogens is 184 g/mol. The molecule has 0 fully saturated rings. The Balaban J connectivity index is 2.22. The van der Waals surface area contributed by atoms with Crippen molar-refractivity contribution < 1.29 is 0 Å². The first kappa shape index (κ1) is 8.98. The summed E-state index contributed by atoms with van der Waals surface area (Å²) >= 11 is 0. The third-order valence-corrected chi connectivity index (χ3v) is 3.23. The first-order valence-corrected chi connectivity index (χ1v) is 5.64. The molecule has 2 heterocycles. The summed E-state index contributed by atoms with van der Waals surface area (Å²) in [6.45, 7) is 2.15. The van der Waals surface area contributed by atoms with Gasteiger partial charge in [0.2, 0.25) is 0 Å². The fourth-order valence-electron chi connectivity index (χ4n) is 2.63. The minimum Gasteiger partial charge on any atom is -0.347 e. The van der Waals surface area contributed by atoms with Crippen LogP contribution in [0.25, 0.3) is 10.9 Å². The Labute approximate surface area is 89.9 Å². The number of aryl methyl sites for hydroxylation is 2. The zero-order valence-electron chi connectivity index (χ0n) is 9.09. The minimum atomic E-state index is 0.966. The van der Waals surface area contributed by atoms with Crippen LogP contribution in [-0.4, -0.2) is 11.6 Å². The third kappa shape index (κ3) is 1.37. The molecule has 15 heavy (non-hydrogen) atoms. The van der Waals surface area contributed by atoms with Gasteiger partial charge in [0.1, 0.15) is 0 Å². The number of rotatable bonds is 2. The highest BCUT2D eigenvalue weighted by Gasteiger charge is 2.12. The summed E-state index contributed by atoms with van der Waals surface area (Å²) in [4.78, 5) is 0. The maximum atomic E-state index is 3.22. The largest absolute Gasteiger partial charge is 0.347 e. The Morgan fingerprint density at radius 2 is 2.33 bits per heavy atom. The van der Waals surface area contributed by atoms with E-state index in [0.29, 0.717) is 0 Å². The van der Waals surface area contributed by atoms with Crippen molar-refractivity contribution in [3.63, 3.8) is 0 Å². The van der Waals surface area contributed by atoms with Gasteiger partial charge in [-0.2, -0.15) is 0 Å². The quantitative estimate of drug-likeness (QED) is 0.787. The van der Waals surface area contributed by atoms with E-state index in [2.05, 4.69) is 34.3 Å². The van der Waals surface area contributed by atoms with Crippen LogP contribution in [0.15, 0.2) is 24.4 Å². The van der Waals surface area contributed by atoms with E-state index < -0.39 is 0 Å². The lowest BCUT2D eigenvalue weighted by atomic mass is 10.0. The van der Waals surface area contributed by atoms with Gasteiger partial charge in [0.15, 0.2) is 0 Å². The molecule has 0 unspecified atom stereocenters. The van der Waals surface area contributed by atoms with Crippen LogP contribution < -0.4 is 5.32 Å². The highest BCUT2D eigenvalue weighted by Crippen LogP contribution is 2.27. The van der Waals surface area contributed by atoms with Crippen LogP contribution >= 0.6 is 0 Å². The van der Waals surface area contributed by atoms with Crippen molar-refractivity contribution in [2.24, 2.45) is 0 Å². The molecular formula is C13H16N2. The fraction of sp³-hybridized carbons (Fsp3) is 0.385. The normalized spacial score (nSPS) is 14.7. The zero-order valence-corrected chi connectivity index (χ0v) is 9.09. The topological polar surface area (TPSA) is 17.0 Å². The Morgan fingerprint density at radius 1 is 1.40 bits per heavy atom. The molecule has 0 saturated carbocycles. The number of hydrogen-bond donors (Lipinski definition) is 1. The summed E-state index contributed by atoms with van der Waals surface area (Å²) in [5.74, 6) is 0. The van der Waals surface area contributed by atoms with Crippen molar-refractivity contribution in [2.45, 2.75) is 25.9 Å². The standard InChI is InChI=1S/C13H16N2/c1-14-9-10-7-11-3-2-5-15-6-4-12(8-10)13(11)15/h4,6-8,14H,2-3,5,9H2,1H3. The van der Waals surface area contributed by atoms with E-state index in [1.807, 2.05) is 7.05 Å².